The molecule has 2 aliphatic heterocycles. The lowest BCUT2D eigenvalue weighted by Crippen LogP contribution is -2.42. The largest absolute Gasteiger partial charge is 0.378 e. The molecule has 8 heteroatoms. The summed E-state index contributed by atoms with van der Waals surface area (Å²) >= 11 is 0. The summed E-state index contributed by atoms with van der Waals surface area (Å²) in [6.45, 7) is 2.84. The minimum absolute atomic E-state index is 0.359. The van der Waals surface area contributed by atoms with E-state index in [1.165, 1.54) is 6.20 Å². The third-order valence-corrected chi connectivity index (χ3v) is 5.61. The minimum Gasteiger partial charge on any atom is -0.378 e. The fourth-order valence-electron chi connectivity index (χ4n) is 3.89. The van der Waals surface area contributed by atoms with E-state index in [1.807, 2.05) is 60.7 Å². The minimum atomic E-state index is -1.08. The number of anilines is 2. The number of carbonyl (C=O) groups excluding carboxylic acids is 2. The number of carbonyl (C=O) groups is 2. The third-order valence-electron chi connectivity index (χ3n) is 5.61. The van der Waals surface area contributed by atoms with Crippen molar-refractivity contribution in [2.45, 2.75) is 6.17 Å². The number of amides is 2. The second-order valence-corrected chi connectivity index (χ2v) is 7.76. The van der Waals surface area contributed by atoms with Crippen molar-refractivity contribution < 1.29 is 14.3 Å². The first kappa shape index (κ1) is 20.8. The summed E-state index contributed by atoms with van der Waals surface area (Å²) in [6, 6.07) is 20.6. The number of aliphatic imine (C=N–C) groups is 1. The maximum atomic E-state index is 12.9. The van der Waals surface area contributed by atoms with Crippen molar-refractivity contribution in [2.75, 3.05) is 36.5 Å². The third kappa shape index (κ3) is 4.47. The fourth-order valence-corrected chi connectivity index (χ4v) is 3.89. The van der Waals surface area contributed by atoms with Gasteiger partial charge in [0.15, 0.2) is 0 Å². The van der Waals surface area contributed by atoms with Gasteiger partial charge in [-0.05, 0) is 18.2 Å². The van der Waals surface area contributed by atoms with Crippen molar-refractivity contribution in [3.05, 3.63) is 89.6 Å². The van der Waals surface area contributed by atoms with Gasteiger partial charge in [0.05, 0.1) is 30.2 Å². The van der Waals surface area contributed by atoms with Crippen molar-refractivity contribution in [1.82, 2.24) is 10.3 Å². The van der Waals surface area contributed by atoms with Crippen molar-refractivity contribution in [2.24, 2.45) is 4.99 Å². The number of morpholine rings is 1. The number of nitrogens with one attached hydrogen (secondary N) is 2. The number of aromatic nitrogens is 1. The molecule has 2 aromatic carbocycles. The number of hydrogen-bond donors (Lipinski definition) is 2. The Labute approximate surface area is 191 Å². The Kier molecular flexibility index (Phi) is 5.82. The van der Waals surface area contributed by atoms with E-state index in [-0.39, 0.29) is 0 Å². The van der Waals surface area contributed by atoms with Crippen molar-refractivity contribution in [3.63, 3.8) is 0 Å². The fraction of sp³-hybridized carbons (Fsp3) is 0.200. The lowest BCUT2D eigenvalue weighted by Gasteiger charge is -2.27. The van der Waals surface area contributed by atoms with E-state index < -0.39 is 18.0 Å². The molecule has 166 valence electrons. The van der Waals surface area contributed by atoms with Crippen LogP contribution >= 0.6 is 0 Å². The number of nitrogens with zero attached hydrogens (tertiary/aromatic N) is 3. The molecule has 0 bridgehead atoms. The first-order valence-electron chi connectivity index (χ1n) is 10.8. The molecule has 33 heavy (non-hydrogen) atoms. The van der Waals surface area contributed by atoms with Crippen LogP contribution in [-0.2, 0) is 9.53 Å². The normalized spacial score (nSPS) is 17.9. The number of benzodiazepines with no additional fused rings is 1. The molecule has 0 spiro atoms. The summed E-state index contributed by atoms with van der Waals surface area (Å²) in [5.41, 5.74) is 3.30. The van der Waals surface area contributed by atoms with E-state index in [0.29, 0.717) is 30.2 Å². The van der Waals surface area contributed by atoms with E-state index in [4.69, 9.17) is 4.74 Å². The van der Waals surface area contributed by atoms with E-state index in [0.717, 1.165) is 30.0 Å². The van der Waals surface area contributed by atoms with Gasteiger partial charge in [-0.25, -0.2) is 9.98 Å². The summed E-state index contributed by atoms with van der Waals surface area (Å²) in [7, 11) is 0. The lowest BCUT2D eigenvalue weighted by atomic mass is 10.0. The standard InChI is InChI=1S/C25H23N5O3/c31-24(18-10-11-21(26-16-18)30-12-14-33-15-13-30)29-23-25(32)27-20-9-5-4-8-19(20)22(28-23)17-6-2-1-3-7-17/h1-11,16,23H,12-15H2,(H,27,32)(H,29,31)/t23-/m1/s1. The van der Waals surface area contributed by atoms with Crippen LogP contribution < -0.4 is 15.5 Å². The van der Waals surface area contributed by atoms with Gasteiger partial charge >= 0.3 is 0 Å². The summed E-state index contributed by atoms with van der Waals surface area (Å²) in [6.07, 6.45) is 0.435. The first-order valence-corrected chi connectivity index (χ1v) is 10.8. The maximum absolute atomic E-state index is 12.9. The molecule has 2 N–H and O–H groups in total. The monoisotopic (exact) mass is 441 g/mol. The Hall–Kier alpha value is -4.04. The molecule has 2 aliphatic rings. The number of para-hydroxylation sites is 1. The van der Waals surface area contributed by atoms with E-state index in [2.05, 4.69) is 25.5 Å². The van der Waals surface area contributed by atoms with Gasteiger partial charge in [0.1, 0.15) is 5.82 Å². The number of hydrogen-bond acceptors (Lipinski definition) is 6. The van der Waals surface area contributed by atoms with Crippen molar-refractivity contribution >= 4 is 29.0 Å². The van der Waals surface area contributed by atoms with Crippen LogP contribution in [0.1, 0.15) is 21.5 Å². The van der Waals surface area contributed by atoms with Crippen LogP contribution in [-0.4, -0.2) is 55.0 Å². The van der Waals surface area contributed by atoms with Crippen molar-refractivity contribution in [1.29, 1.82) is 0 Å². The molecule has 0 radical (unpaired) electrons. The number of ether oxygens (including phenoxy) is 1. The molecule has 3 heterocycles. The Morgan fingerprint density at radius 2 is 1.76 bits per heavy atom. The van der Waals surface area contributed by atoms with Crippen LogP contribution in [0.25, 0.3) is 0 Å². The maximum Gasteiger partial charge on any atom is 0.269 e. The van der Waals surface area contributed by atoms with Crippen LogP contribution in [0.15, 0.2) is 77.9 Å². The Bertz CT molecular complexity index is 1190. The van der Waals surface area contributed by atoms with E-state index in [9.17, 15) is 9.59 Å². The van der Waals surface area contributed by atoms with Gasteiger partial charge in [-0.15, -0.1) is 0 Å². The molecule has 0 aliphatic carbocycles. The van der Waals surface area contributed by atoms with Gasteiger partial charge in [0.25, 0.3) is 11.8 Å². The second kappa shape index (κ2) is 9.22. The summed E-state index contributed by atoms with van der Waals surface area (Å²) in [4.78, 5) is 37.0. The highest BCUT2D eigenvalue weighted by atomic mass is 16.5. The zero-order chi connectivity index (χ0) is 22.6. The highest BCUT2D eigenvalue weighted by molar-refractivity contribution is 6.20. The quantitative estimate of drug-likeness (QED) is 0.649. The highest BCUT2D eigenvalue weighted by Crippen LogP contribution is 2.24. The Morgan fingerprint density at radius 1 is 1.00 bits per heavy atom. The predicted molar refractivity (Wildman–Crippen MR) is 126 cm³/mol. The van der Waals surface area contributed by atoms with Crippen LogP contribution in [0.2, 0.25) is 0 Å². The molecular formula is C25H23N5O3. The molecule has 5 rings (SSSR count). The Balaban J connectivity index is 1.40. The smallest absolute Gasteiger partial charge is 0.269 e. The highest BCUT2D eigenvalue weighted by Gasteiger charge is 2.27. The zero-order valence-corrected chi connectivity index (χ0v) is 17.9. The Morgan fingerprint density at radius 3 is 2.52 bits per heavy atom. The van der Waals surface area contributed by atoms with Gasteiger partial charge in [-0.1, -0.05) is 48.5 Å². The molecule has 0 unspecified atom stereocenters. The van der Waals surface area contributed by atoms with E-state index >= 15 is 0 Å². The van der Waals surface area contributed by atoms with Gasteiger partial charge in [0.2, 0.25) is 6.17 Å². The van der Waals surface area contributed by atoms with Gasteiger partial charge < -0.3 is 20.3 Å². The zero-order valence-electron chi connectivity index (χ0n) is 17.9. The molecule has 0 saturated carbocycles. The van der Waals surface area contributed by atoms with Crippen molar-refractivity contribution in [3.8, 4) is 0 Å². The molecule has 1 fully saturated rings. The average molecular weight is 441 g/mol. The lowest BCUT2D eigenvalue weighted by molar-refractivity contribution is -0.117. The van der Waals surface area contributed by atoms with E-state index in [1.54, 1.807) is 6.07 Å². The molecule has 1 saturated heterocycles. The number of fused-ring (bicyclic) bond motifs is 1. The number of rotatable bonds is 4. The second-order valence-electron chi connectivity index (χ2n) is 7.76. The number of pyridine rings is 1. The SMILES string of the molecule is O=C(N[C@H]1N=C(c2ccccc2)c2ccccc2NC1=O)c1ccc(N2CCOCC2)nc1. The van der Waals surface area contributed by atoms with Gasteiger partial charge in [-0.2, -0.15) is 0 Å². The predicted octanol–water partition coefficient (Wildman–Crippen LogP) is 2.46. The molecule has 1 atom stereocenters. The molecule has 3 aromatic rings. The van der Waals surface area contributed by atoms with Crippen LogP contribution in [0.4, 0.5) is 11.5 Å². The summed E-state index contributed by atoms with van der Waals surface area (Å²) in [5.74, 6) is -0.0279. The molecular weight excluding hydrogens is 418 g/mol. The summed E-state index contributed by atoms with van der Waals surface area (Å²) < 4.78 is 5.37. The van der Waals surface area contributed by atoms with Crippen LogP contribution in [0.3, 0.4) is 0 Å². The molecule has 2 amide bonds. The molecule has 1 aromatic heterocycles. The van der Waals surface area contributed by atoms with Gasteiger partial charge in [0, 0.05) is 30.4 Å². The average Bonchev–Trinajstić information content (AvgIpc) is 3.01. The van der Waals surface area contributed by atoms with Gasteiger partial charge in [-0.3, -0.25) is 9.59 Å². The van der Waals surface area contributed by atoms with Crippen LogP contribution in [0.5, 0.6) is 0 Å². The van der Waals surface area contributed by atoms with Crippen LogP contribution in [0, 0.1) is 0 Å². The summed E-state index contributed by atoms with van der Waals surface area (Å²) in [5, 5.41) is 5.63. The molecule has 8 nitrogen and oxygen atoms in total. The topological polar surface area (TPSA) is 95.9 Å². The first-order chi connectivity index (χ1) is 16.2. The number of benzene rings is 2.